The Morgan fingerprint density at radius 2 is 2.25 bits per heavy atom. The molecule has 8 heavy (non-hydrogen) atoms. The number of rotatable bonds is 3. The Kier molecular flexibility index (Phi) is 4.73. The second kappa shape index (κ2) is 4.89. The molecule has 0 aliphatic carbocycles. The first kappa shape index (κ1) is 7.74. The normalized spacial score (nSPS) is 12.1. The summed E-state index contributed by atoms with van der Waals surface area (Å²) < 4.78 is 0. The molecule has 0 N–H and O–H groups in total. The number of allylic oxidation sites excluding steroid dienone is 2. The lowest BCUT2D eigenvalue weighted by Crippen LogP contribution is -1.77. The second-order valence-electron chi connectivity index (χ2n) is 1.95. The van der Waals surface area contributed by atoms with Gasteiger partial charge in [-0.3, -0.25) is 0 Å². The molecule has 0 saturated carbocycles. The van der Waals surface area contributed by atoms with Crippen molar-refractivity contribution in [2.24, 2.45) is 0 Å². The van der Waals surface area contributed by atoms with Crippen LogP contribution in [0.25, 0.3) is 0 Å². The summed E-state index contributed by atoms with van der Waals surface area (Å²) in [5.74, 6) is 0. The van der Waals surface area contributed by atoms with Gasteiger partial charge >= 0.3 is 0 Å². The monoisotopic (exact) mass is 111 g/mol. The van der Waals surface area contributed by atoms with Crippen molar-refractivity contribution < 1.29 is 0 Å². The van der Waals surface area contributed by atoms with Gasteiger partial charge in [-0.15, -0.1) is 0 Å². The molecule has 0 aliphatic rings. The van der Waals surface area contributed by atoms with E-state index in [4.69, 9.17) is 0 Å². The average Bonchev–Trinajstić information content (AvgIpc) is 1.83. The zero-order valence-electron chi connectivity index (χ0n) is 5.91. The molecule has 47 valence electrons. The topological polar surface area (TPSA) is 0 Å². The first-order valence-corrected chi connectivity index (χ1v) is 3.28. The van der Waals surface area contributed by atoms with Crippen LogP contribution in [0, 0.1) is 6.92 Å². The average molecular weight is 111 g/mol. The standard InChI is InChI=1S/C8H15/c1-4-7-8(5-2)6-3/h6H,2,4-5,7H2,1,3H3. The van der Waals surface area contributed by atoms with Crippen molar-refractivity contribution in [2.75, 3.05) is 0 Å². The molecule has 0 heterocycles. The summed E-state index contributed by atoms with van der Waals surface area (Å²) in [7, 11) is 0. The Hall–Kier alpha value is -0.260. The molecule has 0 saturated heterocycles. The smallest absolute Gasteiger partial charge is 0.0320 e. The van der Waals surface area contributed by atoms with Crippen LogP contribution in [0.3, 0.4) is 0 Å². The zero-order valence-corrected chi connectivity index (χ0v) is 5.91. The van der Waals surface area contributed by atoms with E-state index in [0.717, 1.165) is 6.42 Å². The molecule has 0 rings (SSSR count). The molecule has 0 atom stereocenters. The van der Waals surface area contributed by atoms with Crippen molar-refractivity contribution in [3.05, 3.63) is 18.6 Å². The molecule has 0 aromatic carbocycles. The lowest BCUT2D eigenvalue weighted by molar-refractivity contribution is 0.876. The highest BCUT2D eigenvalue weighted by atomic mass is 13.9. The molecule has 0 bridgehead atoms. The molecule has 0 spiro atoms. The Labute approximate surface area is 52.6 Å². The maximum Gasteiger partial charge on any atom is -0.0320 e. The van der Waals surface area contributed by atoms with Crippen LogP contribution in [0.5, 0.6) is 0 Å². The lowest BCUT2D eigenvalue weighted by atomic mass is 10.1. The molecule has 0 fully saturated rings. The summed E-state index contributed by atoms with van der Waals surface area (Å²) in [6.45, 7) is 8.08. The van der Waals surface area contributed by atoms with Crippen LogP contribution >= 0.6 is 0 Å². The van der Waals surface area contributed by atoms with Crippen molar-refractivity contribution >= 4 is 0 Å². The van der Waals surface area contributed by atoms with Gasteiger partial charge in [0.05, 0.1) is 0 Å². The maximum absolute atomic E-state index is 3.81. The van der Waals surface area contributed by atoms with Crippen molar-refractivity contribution in [1.82, 2.24) is 0 Å². The highest BCUT2D eigenvalue weighted by molar-refractivity contribution is 5.00. The Balaban J connectivity index is 3.38. The molecule has 0 unspecified atom stereocenters. The van der Waals surface area contributed by atoms with E-state index in [1.54, 1.807) is 0 Å². The van der Waals surface area contributed by atoms with Crippen LogP contribution in [-0.4, -0.2) is 0 Å². The van der Waals surface area contributed by atoms with Gasteiger partial charge in [-0.2, -0.15) is 0 Å². The molecule has 0 aromatic rings. The van der Waals surface area contributed by atoms with Crippen LogP contribution < -0.4 is 0 Å². The van der Waals surface area contributed by atoms with E-state index in [1.165, 1.54) is 18.4 Å². The fourth-order valence-electron chi connectivity index (χ4n) is 0.735. The van der Waals surface area contributed by atoms with E-state index >= 15 is 0 Å². The minimum absolute atomic E-state index is 0.977. The molecular formula is C8H15. The quantitative estimate of drug-likeness (QED) is 0.491. The van der Waals surface area contributed by atoms with Gasteiger partial charge in [0.25, 0.3) is 0 Å². The van der Waals surface area contributed by atoms with Gasteiger partial charge in [0.2, 0.25) is 0 Å². The lowest BCUT2D eigenvalue weighted by Gasteiger charge is -1.97. The summed E-state index contributed by atoms with van der Waals surface area (Å²) in [5, 5.41) is 0. The number of hydrogen-bond donors (Lipinski definition) is 0. The summed E-state index contributed by atoms with van der Waals surface area (Å²) in [5.41, 5.74) is 1.48. The first-order chi connectivity index (χ1) is 3.85. The van der Waals surface area contributed by atoms with Gasteiger partial charge in [-0.25, -0.2) is 0 Å². The molecule has 0 amide bonds. The molecule has 0 aromatic heterocycles. The highest BCUT2D eigenvalue weighted by Crippen LogP contribution is 2.06. The van der Waals surface area contributed by atoms with E-state index < -0.39 is 0 Å². The zero-order chi connectivity index (χ0) is 6.41. The van der Waals surface area contributed by atoms with Gasteiger partial charge < -0.3 is 0 Å². The predicted molar refractivity (Wildman–Crippen MR) is 38.6 cm³/mol. The van der Waals surface area contributed by atoms with Gasteiger partial charge in [0.15, 0.2) is 0 Å². The summed E-state index contributed by atoms with van der Waals surface area (Å²) in [6.07, 6.45) is 5.61. The van der Waals surface area contributed by atoms with Gasteiger partial charge in [-0.1, -0.05) is 25.0 Å². The summed E-state index contributed by atoms with van der Waals surface area (Å²) >= 11 is 0. The molecule has 0 nitrogen and oxygen atoms in total. The number of hydrogen-bond acceptors (Lipinski definition) is 0. The van der Waals surface area contributed by atoms with E-state index in [0.29, 0.717) is 0 Å². The molecule has 1 radical (unpaired) electrons. The predicted octanol–water partition coefficient (Wildman–Crippen LogP) is 2.96. The van der Waals surface area contributed by atoms with Gasteiger partial charge in [-0.05, 0) is 26.7 Å². The third-order valence-corrected chi connectivity index (χ3v) is 1.30. The van der Waals surface area contributed by atoms with Crippen molar-refractivity contribution in [3.63, 3.8) is 0 Å². The molecular weight excluding hydrogens is 96.1 g/mol. The van der Waals surface area contributed by atoms with Crippen LogP contribution in [0.2, 0.25) is 0 Å². The molecule has 0 aliphatic heterocycles. The maximum atomic E-state index is 3.81. The minimum Gasteiger partial charge on any atom is -0.0885 e. The van der Waals surface area contributed by atoms with Crippen LogP contribution in [-0.2, 0) is 0 Å². The van der Waals surface area contributed by atoms with Gasteiger partial charge in [0.1, 0.15) is 0 Å². The SMILES string of the molecule is [CH2]CC(=CC)CCC. The third-order valence-electron chi connectivity index (χ3n) is 1.30. The second-order valence-corrected chi connectivity index (χ2v) is 1.95. The van der Waals surface area contributed by atoms with Gasteiger partial charge in [0, 0.05) is 0 Å². The van der Waals surface area contributed by atoms with Crippen LogP contribution in [0.15, 0.2) is 11.6 Å². The third kappa shape index (κ3) is 2.84. The van der Waals surface area contributed by atoms with E-state index in [2.05, 4.69) is 26.8 Å². The van der Waals surface area contributed by atoms with E-state index in [1.807, 2.05) is 0 Å². The van der Waals surface area contributed by atoms with E-state index in [9.17, 15) is 0 Å². The Morgan fingerprint density at radius 3 is 2.38 bits per heavy atom. The van der Waals surface area contributed by atoms with E-state index in [-0.39, 0.29) is 0 Å². The van der Waals surface area contributed by atoms with Crippen molar-refractivity contribution in [3.8, 4) is 0 Å². The Bertz CT molecular complexity index is 70.1. The largest absolute Gasteiger partial charge is 0.0885 e. The fraction of sp³-hybridized carbons (Fsp3) is 0.625. The molecule has 0 heteroatoms. The summed E-state index contributed by atoms with van der Waals surface area (Å²) in [4.78, 5) is 0. The fourth-order valence-corrected chi connectivity index (χ4v) is 0.735. The summed E-state index contributed by atoms with van der Waals surface area (Å²) in [6, 6.07) is 0. The Morgan fingerprint density at radius 1 is 1.62 bits per heavy atom. The van der Waals surface area contributed by atoms with Crippen molar-refractivity contribution in [2.45, 2.75) is 33.1 Å². The highest BCUT2D eigenvalue weighted by Gasteiger charge is 1.86. The minimum atomic E-state index is 0.977. The van der Waals surface area contributed by atoms with Crippen LogP contribution in [0.4, 0.5) is 0 Å². The van der Waals surface area contributed by atoms with Crippen molar-refractivity contribution in [1.29, 1.82) is 0 Å². The van der Waals surface area contributed by atoms with Crippen LogP contribution in [0.1, 0.15) is 33.1 Å². The first-order valence-electron chi connectivity index (χ1n) is 3.28.